The summed E-state index contributed by atoms with van der Waals surface area (Å²) in [6.45, 7) is 6.98. The van der Waals surface area contributed by atoms with Gasteiger partial charge < -0.3 is 9.64 Å². The number of likely N-dealkylation sites (tertiary alicyclic amines) is 1. The molecule has 27 heavy (non-hydrogen) atoms. The average Bonchev–Trinajstić information content (AvgIpc) is 2.67. The molecule has 1 fully saturated rings. The van der Waals surface area contributed by atoms with Crippen LogP contribution in [0.5, 0.6) is 0 Å². The van der Waals surface area contributed by atoms with Crippen molar-refractivity contribution in [3.05, 3.63) is 23.8 Å². The fourth-order valence-electron chi connectivity index (χ4n) is 3.01. The molecule has 1 aliphatic rings. The third-order valence-electron chi connectivity index (χ3n) is 4.74. The van der Waals surface area contributed by atoms with Crippen LogP contribution in [0.25, 0.3) is 0 Å². The van der Waals surface area contributed by atoms with Crippen molar-refractivity contribution in [2.45, 2.75) is 42.9 Å². The zero-order valence-corrected chi connectivity index (χ0v) is 18.0. The van der Waals surface area contributed by atoms with Crippen LogP contribution in [0.4, 0.5) is 0 Å². The molecule has 0 aromatic heterocycles. The molecule has 6 nitrogen and oxygen atoms in total. The SMILES string of the molecule is CCOCCCNS(=O)(=O)c1ccc(SC)c(C(=O)N2CCC(C)CC2)c1. The van der Waals surface area contributed by atoms with Gasteiger partial charge in [0.2, 0.25) is 10.0 Å². The number of amides is 1. The first-order valence-electron chi connectivity index (χ1n) is 9.43. The van der Waals surface area contributed by atoms with Crippen molar-refractivity contribution < 1.29 is 17.9 Å². The second-order valence-corrected chi connectivity index (χ2v) is 9.40. The molecule has 1 aliphatic heterocycles. The lowest BCUT2D eigenvalue weighted by atomic mass is 9.98. The summed E-state index contributed by atoms with van der Waals surface area (Å²) < 4.78 is 33.0. The highest BCUT2D eigenvalue weighted by atomic mass is 32.2. The van der Waals surface area contributed by atoms with E-state index in [9.17, 15) is 13.2 Å². The fraction of sp³-hybridized carbons (Fsp3) is 0.632. The monoisotopic (exact) mass is 414 g/mol. The van der Waals surface area contributed by atoms with Gasteiger partial charge in [-0.1, -0.05) is 6.92 Å². The van der Waals surface area contributed by atoms with E-state index in [4.69, 9.17) is 4.74 Å². The van der Waals surface area contributed by atoms with Crippen LogP contribution in [0.3, 0.4) is 0 Å². The standard InChI is InChI=1S/C19H30N2O4S2/c1-4-25-13-5-10-20-27(23,24)16-6-7-18(26-3)17(14-16)19(22)21-11-8-15(2)9-12-21/h6-7,14-15,20H,4-5,8-13H2,1-3H3. The van der Waals surface area contributed by atoms with Crippen molar-refractivity contribution in [2.24, 2.45) is 5.92 Å². The van der Waals surface area contributed by atoms with Crippen LogP contribution in [-0.2, 0) is 14.8 Å². The minimum atomic E-state index is -3.65. The summed E-state index contributed by atoms with van der Waals surface area (Å²) in [4.78, 5) is 15.7. The van der Waals surface area contributed by atoms with Gasteiger partial charge in [0.1, 0.15) is 0 Å². The highest BCUT2D eigenvalue weighted by Crippen LogP contribution is 2.27. The summed E-state index contributed by atoms with van der Waals surface area (Å²) in [5, 5.41) is 0. The molecule has 0 radical (unpaired) electrons. The van der Waals surface area contributed by atoms with Gasteiger partial charge in [-0.3, -0.25) is 4.79 Å². The van der Waals surface area contributed by atoms with Gasteiger partial charge in [-0.05, 0) is 56.6 Å². The first kappa shape index (κ1) is 22.2. The second-order valence-electron chi connectivity index (χ2n) is 6.79. The zero-order valence-electron chi connectivity index (χ0n) is 16.4. The fourth-order valence-corrected chi connectivity index (χ4v) is 4.68. The Balaban J connectivity index is 2.15. The van der Waals surface area contributed by atoms with Crippen molar-refractivity contribution in [1.82, 2.24) is 9.62 Å². The first-order valence-corrected chi connectivity index (χ1v) is 12.1. The molecule has 0 aliphatic carbocycles. The van der Waals surface area contributed by atoms with Gasteiger partial charge in [0.05, 0.1) is 10.5 Å². The molecule has 2 rings (SSSR count). The molecule has 8 heteroatoms. The summed E-state index contributed by atoms with van der Waals surface area (Å²) >= 11 is 1.46. The Morgan fingerprint density at radius 3 is 2.67 bits per heavy atom. The quantitative estimate of drug-likeness (QED) is 0.497. The number of carbonyl (C=O) groups is 1. The van der Waals surface area contributed by atoms with Crippen molar-refractivity contribution in [1.29, 1.82) is 0 Å². The third kappa shape index (κ3) is 6.20. The lowest BCUT2D eigenvalue weighted by molar-refractivity contribution is 0.0693. The molecular formula is C19H30N2O4S2. The van der Waals surface area contributed by atoms with E-state index in [1.54, 1.807) is 12.1 Å². The molecule has 0 spiro atoms. The van der Waals surface area contributed by atoms with Crippen LogP contribution < -0.4 is 4.72 Å². The van der Waals surface area contributed by atoms with E-state index in [2.05, 4.69) is 11.6 Å². The summed E-state index contributed by atoms with van der Waals surface area (Å²) in [5.74, 6) is 0.543. The number of piperidine rings is 1. The number of carbonyl (C=O) groups excluding carboxylic acids is 1. The van der Waals surface area contributed by atoms with E-state index >= 15 is 0 Å². The largest absolute Gasteiger partial charge is 0.382 e. The van der Waals surface area contributed by atoms with Crippen molar-refractivity contribution in [3.8, 4) is 0 Å². The molecule has 1 aromatic rings. The Morgan fingerprint density at radius 1 is 1.33 bits per heavy atom. The lowest BCUT2D eigenvalue weighted by Gasteiger charge is -2.30. The van der Waals surface area contributed by atoms with Crippen LogP contribution in [0.1, 0.15) is 43.5 Å². The average molecular weight is 415 g/mol. The van der Waals surface area contributed by atoms with Gasteiger partial charge in [-0.25, -0.2) is 13.1 Å². The number of nitrogens with zero attached hydrogens (tertiary/aromatic N) is 1. The summed E-state index contributed by atoms with van der Waals surface area (Å²) in [7, 11) is -3.65. The Hall–Kier alpha value is -1.09. The number of ether oxygens (including phenoxy) is 1. The number of rotatable bonds is 9. The second kappa shape index (κ2) is 10.5. The predicted molar refractivity (Wildman–Crippen MR) is 109 cm³/mol. The van der Waals surface area contributed by atoms with Crippen LogP contribution in [0.15, 0.2) is 28.0 Å². The Kier molecular flexibility index (Phi) is 8.60. The molecule has 1 aromatic carbocycles. The molecule has 152 valence electrons. The first-order chi connectivity index (χ1) is 12.9. The van der Waals surface area contributed by atoms with Gasteiger partial charge in [0.25, 0.3) is 5.91 Å². The topological polar surface area (TPSA) is 75.7 Å². The number of benzene rings is 1. The smallest absolute Gasteiger partial charge is 0.255 e. The predicted octanol–water partition coefficient (Wildman–Crippen LogP) is 2.99. The Labute approximate surface area is 167 Å². The van der Waals surface area contributed by atoms with E-state index in [1.807, 2.05) is 18.1 Å². The minimum absolute atomic E-state index is 0.0837. The van der Waals surface area contributed by atoms with E-state index in [-0.39, 0.29) is 10.8 Å². The van der Waals surface area contributed by atoms with Crippen LogP contribution in [-0.4, -0.2) is 58.3 Å². The molecule has 1 amide bonds. The summed E-state index contributed by atoms with van der Waals surface area (Å²) in [6, 6.07) is 4.79. The summed E-state index contributed by atoms with van der Waals surface area (Å²) in [5.41, 5.74) is 0.467. The number of thioether (sulfide) groups is 1. The van der Waals surface area contributed by atoms with E-state index in [1.165, 1.54) is 17.8 Å². The van der Waals surface area contributed by atoms with Gasteiger partial charge in [0, 0.05) is 37.7 Å². The van der Waals surface area contributed by atoms with Crippen LogP contribution >= 0.6 is 11.8 Å². The zero-order chi connectivity index (χ0) is 19.9. The van der Waals surface area contributed by atoms with Crippen LogP contribution in [0, 0.1) is 5.92 Å². The minimum Gasteiger partial charge on any atom is -0.382 e. The van der Waals surface area contributed by atoms with Gasteiger partial charge in [0.15, 0.2) is 0 Å². The maximum Gasteiger partial charge on any atom is 0.255 e. The molecule has 0 unspecified atom stereocenters. The van der Waals surface area contributed by atoms with Crippen molar-refractivity contribution >= 4 is 27.7 Å². The van der Waals surface area contributed by atoms with Gasteiger partial charge in [-0.15, -0.1) is 11.8 Å². The molecule has 0 atom stereocenters. The van der Waals surface area contributed by atoms with E-state index in [0.29, 0.717) is 37.7 Å². The maximum absolute atomic E-state index is 13.0. The number of hydrogen-bond donors (Lipinski definition) is 1. The van der Waals surface area contributed by atoms with E-state index < -0.39 is 10.0 Å². The molecule has 1 heterocycles. The Bertz CT molecular complexity index is 729. The van der Waals surface area contributed by atoms with Crippen LogP contribution in [0.2, 0.25) is 0 Å². The number of nitrogens with one attached hydrogen (secondary N) is 1. The van der Waals surface area contributed by atoms with Gasteiger partial charge in [-0.2, -0.15) is 0 Å². The van der Waals surface area contributed by atoms with Gasteiger partial charge >= 0.3 is 0 Å². The lowest BCUT2D eigenvalue weighted by Crippen LogP contribution is -2.38. The maximum atomic E-state index is 13.0. The highest BCUT2D eigenvalue weighted by molar-refractivity contribution is 7.98. The normalized spacial score (nSPS) is 15.9. The molecule has 0 bridgehead atoms. The molecule has 0 saturated carbocycles. The highest BCUT2D eigenvalue weighted by Gasteiger charge is 2.25. The molecule has 1 N–H and O–H groups in total. The van der Waals surface area contributed by atoms with Crippen molar-refractivity contribution in [2.75, 3.05) is 39.1 Å². The molecular weight excluding hydrogens is 384 g/mol. The number of hydrogen-bond acceptors (Lipinski definition) is 5. The Morgan fingerprint density at radius 2 is 2.04 bits per heavy atom. The number of sulfonamides is 1. The molecule has 1 saturated heterocycles. The summed E-state index contributed by atoms with van der Waals surface area (Å²) in [6.07, 6.45) is 4.47. The third-order valence-corrected chi connectivity index (χ3v) is 7.00. The van der Waals surface area contributed by atoms with Crippen molar-refractivity contribution in [3.63, 3.8) is 0 Å². The van der Waals surface area contributed by atoms with E-state index in [0.717, 1.165) is 30.8 Å².